The molecule has 150 valence electrons. The molecule has 0 atom stereocenters. The minimum Gasteiger partial charge on any atom is -0.482 e. The van der Waals surface area contributed by atoms with Crippen molar-refractivity contribution in [3.05, 3.63) is 78.2 Å². The number of nitrogens with one attached hydrogen (secondary N) is 1. The number of thiazole rings is 1. The Hall–Kier alpha value is -3.71. The number of benzene rings is 3. The Morgan fingerprint density at radius 2 is 1.67 bits per heavy atom. The Bertz CT molecular complexity index is 1170. The van der Waals surface area contributed by atoms with E-state index in [1.165, 1.54) is 11.3 Å². The first-order valence-corrected chi connectivity index (χ1v) is 10.1. The van der Waals surface area contributed by atoms with Gasteiger partial charge >= 0.3 is 5.97 Å². The maximum atomic E-state index is 12.0. The molecule has 1 amide bonds. The van der Waals surface area contributed by atoms with Crippen LogP contribution in [0.25, 0.3) is 22.0 Å². The lowest BCUT2D eigenvalue weighted by Crippen LogP contribution is -2.23. The topological polar surface area (TPSA) is 77.5 Å². The molecule has 4 rings (SSSR count). The molecule has 0 bridgehead atoms. The summed E-state index contributed by atoms with van der Waals surface area (Å²) in [7, 11) is 0. The van der Waals surface area contributed by atoms with Gasteiger partial charge in [0.15, 0.2) is 18.3 Å². The average molecular weight is 418 g/mol. The number of ether oxygens (including phenoxy) is 2. The van der Waals surface area contributed by atoms with Gasteiger partial charge in [-0.2, -0.15) is 0 Å². The van der Waals surface area contributed by atoms with Gasteiger partial charge in [-0.05, 0) is 22.9 Å². The van der Waals surface area contributed by atoms with Crippen molar-refractivity contribution >= 4 is 39.1 Å². The van der Waals surface area contributed by atoms with Crippen LogP contribution in [0.15, 0.2) is 78.2 Å². The summed E-state index contributed by atoms with van der Waals surface area (Å²) in [6.07, 6.45) is 0. The monoisotopic (exact) mass is 418 g/mol. The molecule has 0 saturated carbocycles. The summed E-state index contributed by atoms with van der Waals surface area (Å²) in [6, 6.07) is 23.1. The average Bonchev–Trinajstić information content (AvgIpc) is 3.25. The van der Waals surface area contributed by atoms with E-state index < -0.39 is 18.5 Å². The van der Waals surface area contributed by atoms with Gasteiger partial charge in [-0.1, -0.05) is 60.7 Å². The highest BCUT2D eigenvalue weighted by Gasteiger charge is 2.11. The fourth-order valence-corrected chi connectivity index (χ4v) is 3.55. The highest BCUT2D eigenvalue weighted by Crippen LogP contribution is 2.24. The number of carbonyl (C=O) groups is 2. The number of rotatable bonds is 7. The van der Waals surface area contributed by atoms with Crippen molar-refractivity contribution in [2.45, 2.75) is 0 Å². The quantitative estimate of drug-likeness (QED) is 0.447. The van der Waals surface area contributed by atoms with Crippen LogP contribution >= 0.6 is 11.3 Å². The standard InChI is InChI=1S/C23H18N2O4S/c26-21(25-23-24-20(15-30-23)17-7-2-1-3-8-17)13-29-22(27)14-28-19-11-10-16-6-4-5-9-18(16)12-19/h1-12,15H,13-14H2,(H,24,25,26). The summed E-state index contributed by atoms with van der Waals surface area (Å²) in [5.41, 5.74) is 1.74. The summed E-state index contributed by atoms with van der Waals surface area (Å²) < 4.78 is 10.4. The van der Waals surface area contributed by atoms with Crippen molar-refractivity contribution in [1.82, 2.24) is 4.98 Å². The molecule has 4 aromatic rings. The number of aromatic nitrogens is 1. The second-order valence-corrected chi connectivity index (χ2v) is 7.27. The highest BCUT2D eigenvalue weighted by atomic mass is 32.1. The number of carbonyl (C=O) groups excluding carboxylic acids is 2. The third kappa shape index (κ3) is 5.01. The molecule has 1 aromatic heterocycles. The molecule has 0 radical (unpaired) electrons. The summed E-state index contributed by atoms with van der Waals surface area (Å²) in [6.45, 7) is -0.679. The lowest BCUT2D eigenvalue weighted by molar-refractivity contribution is -0.149. The van der Waals surface area contributed by atoms with Crippen molar-refractivity contribution in [2.75, 3.05) is 18.5 Å². The number of amides is 1. The maximum absolute atomic E-state index is 12.0. The van der Waals surface area contributed by atoms with Gasteiger partial charge in [-0.25, -0.2) is 9.78 Å². The number of esters is 1. The Morgan fingerprint density at radius 1 is 0.900 bits per heavy atom. The number of nitrogens with zero attached hydrogens (tertiary/aromatic N) is 1. The normalized spacial score (nSPS) is 10.5. The molecule has 3 aromatic carbocycles. The Kier molecular flexibility index (Phi) is 6.01. The minimum atomic E-state index is -0.623. The third-order valence-corrected chi connectivity index (χ3v) is 5.02. The predicted octanol–water partition coefficient (Wildman–Crippen LogP) is 4.52. The fourth-order valence-electron chi connectivity index (χ4n) is 2.82. The second kappa shape index (κ2) is 9.19. The molecule has 7 heteroatoms. The van der Waals surface area contributed by atoms with E-state index in [4.69, 9.17) is 9.47 Å². The van der Waals surface area contributed by atoms with Crippen molar-refractivity contribution in [3.8, 4) is 17.0 Å². The molecule has 0 aliphatic heterocycles. The van der Waals surface area contributed by atoms with Crippen LogP contribution in [0.2, 0.25) is 0 Å². The van der Waals surface area contributed by atoms with E-state index in [1.807, 2.05) is 72.1 Å². The molecule has 1 N–H and O–H groups in total. The zero-order chi connectivity index (χ0) is 20.8. The predicted molar refractivity (Wildman–Crippen MR) is 117 cm³/mol. The van der Waals surface area contributed by atoms with Crippen LogP contribution in [0.1, 0.15) is 0 Å². The van der Waals surface area contributed by atoms with Crippen LogP contribution in [0.4, 0.5) is 5.13 Å². The van der Waals surface area contributed by atoms with Crippen LogP contribution in [0, 0.1) is 0 Å². The molecule has 0 aliphatic rings. The van der Waals surface area contributed by atoms with E-state index in [0.29, 0.717) is 10.9 Å². The summed E-state index contributed by atoms with van der Waals surface area (Å²) >= 11 is 1.31. The molecule has 6 nitrogen and oxygen atoms in total. The van der Waals surface area contributed by atoms with Crippen molar-refractivity contribution in [2.24, 2.45) is 0 Å². The van der Waals surface area contributed by atoms with Gasteiger partial charge in [0.2, 0.25) is 0 Å². The number of anilines is 1. The Morgan fingerprint density at radius 3 is 2.50 bits per heavy atom. The molecule has 30 heavy (non-hydrogen) atoms. The van der Waals surface area contributed by atoms with Crippen molar-refractivity contribution in [1.29, 1.82) is 0 Å². The highest BCUT2D eigenvalue weighted by molar-refractivity contribution is 7.14. The first kappa shape index (κ1) is 19.6. The van der Waals surface area contributed by atoms with Crippen LogP contribution < -0.4 is 10.1 Å². The minimum absolute atomic E-state index is 0.277. The molecule has 0 aliphatic carbocycles. The molecule has 0 unspecified atom stereocenters. The fraction of sp³-hybridized carbons (Fsp3) is 0.0870. The van der Waals surface area contributed by atoms with Crippen molar-refractivity contribution in [3.63, 3.8) is 0 Å². The second-order valence-electron chi connectivity index (χ2n) is 6.41. The van der Waals surface area contributed by atoms with E-state index >= 15 is 0 Å². The summed E-state index contributed by atoms with van der Waals surface area (Å²) in [4.78, 5) is 28.3. The molecule has 0 fully saturated rings. The zero-order valence-corrected chi connectivity index (χ0v) is 16.7. The Balaban J connectivity index is 1.23. The van der Waals surface area contributed by atoms with Crippen LogP contribution in [-0.4, -0.2) is 30.1 Å². The van der Waals surface area contributed by atoms with Gasteiger partial charge in [0.1, 0.15) is 5.75 Å². The third-order valence-electron chi connectivity index (χ3n) is 4.26. The van der Waals surface area contributed by atoms with Gasteiger partial charge in [0, 0.05) is 10.9 Å². The first-order chi connectivity index (χ1) is 14.7. The van der Waals surface area contributed by atoms with E-state index in [1.54, 1.807) is 6.07 Å². The first-order valence-electron chi connectivity index (χ1n) is 9.25. The van der Waals surface area contributed by atoms with E-state index in [-0.39, 0.29) is 6.61 Å². The molecular formula is C23H18N2O4S. The number of hydrogen-bond acceptors (Lipinski definition) is 6. The van der Waals surface area contributed by atoms with Gasteiger partial charge in [-0.15, -0.1) is 11.3 Å². The van der Waals surface area contributed by atoms with Crippen LogP contribution in [0.3, 0.4) is 0 Å². The van der Waals surface area contributed by atoms with Gasteiger partial charge in [0.05, 0.1) is 5.69 Å². The maximum Gasteiger partial charge on any atom is 0.344 e. The van der Waals surface area contributed by atoms with E-state index in [0.717, 1.165) is 22.0 Å². The summed E-state index contributed by atoms with van der Waals surface area (Å²) in [5.74, 6) is -0.517. The lowest BCUT2D eigenvalue weighted by Gasteiger charge is -2.08. The van der Waals surface area contributed by atoms with Gasteiger partial charge in [0.25, 0.3) is 5.91 Å². The van der Waals surface area contributed by atoms with Crippen LogP contribution in [0.5, 0.6) is 5.75 Å². The van der Waals surface area contributed by atoms with E-state index in [9.17, 15) is 9.59 Å². The largest absolute Gasteiger partial charge is 0.482 e. The Labute approximate surface area is 177 Å². The molecule has 0 saturated heterocycles. The molecule has 0 spiro atoms. The summed E-state index contributed by atoms with van der Waals surface area (Å²) in [5, 5.41) is 7.03. The smallest absolute Gasteiger partial charge is 0.344 e. The number of hydrogen-bond donors (Lipinski definition) is 1. The molecule has 1 heterocycles. The SMILES string of the molecule is O=C(COC(=O)COc1ccc2ccccc2c1)Nc1nc(-c2ccccc2)cs1. The lowest BCUT2D eigenvalue weighted by atomic mass is 10.1. The van der Waals surface area contributed by atoms with Gasteiger partial charge < -0.3 is 9.47 Å². The van der Waals surface area contributed by atoms with E-state index in [2.05, 4.69) is 10.3 Å². The zero-order valence-electron chi connectivity index (χ0n) is 15.9. The molecular weight excluding hydrogens is 400 g/mol. The number of fused-ring (bicyclic) bond motifs is 1. The van der Waals surface area contributed by atoms with Crippen molar-refractivity contribution < 1.29 is 19.1 Å². The van der Waals surface area contributed by atoms with Gasteiger partial charge in [-0.3, -0.25) is 10.1 Å². The van der Waals surface area contributed by atoms with Crippen LogP contribution in [-0.2, 0) is 14.3 Å².